The lowest BCUT2D eigenvalue weighted by Crippen LogP contribution is -2.02. The van der Waals surface area contributed by atoms with Crippen LogP contribution in [0.25, 0.3) is 0 Å². The number of aliphatic hydroxyl groups is 1. The van der Waals surface area contributed by atoms with Crippen molar-refractivity contribution in [2.75, 3.05) is 32.7 Å². The SMILES string of the molecule is COc1ccccc1CSCCOCCO. The summed E-state index contributed by atoms with van der Waals surface area (Å²) < 4.78 is 10.4. The molecule has 1 rings (SSSR count). The van der Waals surface area contributed by atoms with Crippen LogP contribution in [0.4, 0.5) is 0 Å². The molecule has 0 radical (unpaired) electrons. The molecule has 4 heteroatoms. The fourth-order valence-electron chi connectivity index (χ4n) is 1.29. The van der Waals surface area contributed by atoms with Crippen molar-refractivity contribution >= 4 is 11.8 Å². The Morgan fingerprint density at radius 1 is 1.25 bits per heavy atom. The monoisotopic (exact) mass is 242 g/mol. The Kier molecular flexibility index (Phi) is 7.05. The maximum Gasteiger partial charge on any atom is 0.122 e. The van der Waals surface area contributed by atoms with Gasteiger partial charge >= 0.3 is 0 Å². The minimum absolute atomic E-state index is 0.0944. The number of rotatable bonds is 8. The fourth-order valence-corrected chi connectivity index (χ4v) is 2.13. The van der Waals surface area contributed by atoms with Crippen LogP contribution in [0.15, 0.2) is 24.3 Å². The van der Waals surface area contributed by atoms with Crippen LogP contribution in [0, 0.1) is 0 Å². The van der Waals surface area contributed by atoms with Crippen LogP contribution in [0.1, 0.15) is 5.56 Å². The average molecular weight is 242 g/mol. The van der Waals surface area contributed by atoms with Gasteiger partial charge in [-0.15, -0.1) is 0 Å². The second-order valence-electron chi connectivity index (χ2n) is 3.20. The van der Waals surface area contributed by atoms with E-state index in [4.69, 9.17) is 14.6 Å². The van der Waals surface area contributed by atoms with Crippen LogP contribution in [0.5, 0.6) is 5.75 Å². The number of benzene rings is 1. The first-order chi connectivity index (χ1) is 7.88. The minimum Gasteiger partial charge on any atom is -0.496 e. The molecule has 0 saturated heterocycles. The van der Waals surface area contributed by atoms with E-state index >= 15 is 0 Å². The zero-order chi connectivity index (χ0) is 11.6. The molecule has 0 heterocycles. The second-order valence-corrected chi connectivity index (χ2v) is 4.31. The molecular weight excluding hydrogens is 224 g/mol. The van der Waals surface area contributed by atoms with Crippen LogP contribution in [-0.4, -0.2) is 37.8 Å². The van der Waals surface area contributed by atoms with Crippen LogP contribution >= 0.6 is 11.8 Å². The molecule has 3 nitrogen and oxygen atoms in total. The van der Waals surface area contributed by atoms with Crippen LogP contribution in [-0.2, 0) is 10.5 Å². The van der Waals surface area contributed by atoms with Gasteiger partial charge in [0.25, 0.3) is 0 Å². The molecule has 0 aliphatic heterocycles. The molecular formula is C12H18O3S. The molecule has 0 unspecified atom stereocenters. The number of hydrogen-bond donors (Lipinski definition) is 1. The fraction of sp³-hybridized carbons (Fsp3) is 0.500. The molecule has 0 saturated carbocycles. The maximum absolute atomic E-state index is 8.52. The van der Waals surface area contributed by atoms with E-state index in [0.29, 0.717) is 13.2 Å². The summed E-state index contributed by atoms with van der Waals surface area (Å²) >= 11 is 1.80. The summed E-state index contributed by atoms with van der Waals surface area (Å²) in [5.41, 5.74) is 1.21. The molecule has 0 aromatic heterocycles. The molecule has 0 amide bonds. The lowest BCUT2D eigenvalue weighted by atomic mass is 10.2. The van der Waals surface area contributed by atoms with Gasteiger partial charge in [0.1, 0.15) is 5.75 Å². The van der Waals surface area contributed by atoms with Crippen LogP contribution in [0.3, 0.4) is 0 Å². The van der Waals surface area contributed by atoms with E-state index in [-0.39, 0.29) is 6.61 Å². The Morgan fingerprint density at radius 3 is 2.81 bits per heavy atom. The normalized spacial score (nSPS) is 10.4. The summed E-state index contributed by atoms with van der Waals surface area (Å²) in [6.45, 7) is 1.20. The Hall–Kier alpha value is -0.710. The van der Waals surface area contributed by atoms with E-state index in [0.717, 1.165) is 17.3 Å². The third kappa shape index (κ3) is 4.88. The van der Waals surface area contributed by atoms with Crippen molar-refractivity contribution < 1.29 is 14.6 Å². The van der Waals surface area contributed by atoms with Crippen molar-refractivity contribution in [1.82, 2.24) is 0 Å². The van der Waals surface area contributed by atoms with Gasteiger partial charge in [0.15, 0.2) is 0 Å². The van der Waals surface area contributed by atoms with Gasteiger partial charge in [-0.2, -0.15) is 11.8 Å². The van der Waals surface area contributed by atoms with Gasteiger partial charge < -0.3 is 14.6 Å². The van der Waals surface area contributed by atoms with Crippen molar-refractivity contribution in [3.63, 3.8) is 0 Å². The Morgan fingerprint density at radius 2 is 2.06 bits per heavy atom. The van der Waals surface area contributed by atoms with E-state index in [1.54, 1.807) is 18.9 Å². The standard InChI is InChI=1S/C12H18O3S/c1-14-12-5-3-2-4-11(12)10-16-9-8-15-7-6-13/h2-5,13H,6-10H2,1H3. The van der Waals surface area contributed by atoms with Crippen molar-refractivity contribution in [3.05, 3.63) is 29.8 Å². The Balaban J connectivity index is 2.21. The van der Waals surface area contributed by atoms with E-state index in [1.165, 1.54) is 5.56 Å². The lowest BCUT2D eigenvalue weighted by Gasteiger charge is -2.07. The number of para-hydroxylation sites is 1. The van der Waals surface area contributed by atoms with Gasteiger partial charge in [-0.25, -0.2) is 0 Å². The van der Waals surface area contributed by atoms with E-state index in [1.807, 2.05) is 18.2 Å². The molecule has 1 N–H and O–H groups in total. The van der Waals surface area contributed by atoms with Crippen LogP contribution < -0.4 is 4.74 Å². The molecule has 1 aromatic rings. The highest BCUT2D eigenvalue weighted by molar-refractivity contribution is 7.98. The average Bonchev–Trinajstić information content (AvgIpc) is 2.34. The zero-order valence-corrected chi connectivity index (χ0v) is 10.3. The van der Waals surface area contributed by atoms with E-state index in [2.05, 4.69) is 6.07 Å². The van der Waals surface area contributed by atoms with Crippen molar-refractivity contribution in [2.24, 2.45) is 0 Å². The summed E-state index contributed by atoms with van der Waals surface area (Å²) in [6, 6.07) is 8.02. The first-order valence-electron chi connectivity index (χ1n) is 5.26. The van der Waals surface area contributed by atoms with E-state index in [9.17, 15) is 0 Å². The number of hydrogen-bond acceptors (Lipinski definition) is 4. The van der Waals surface area contributed by atoms with Crippen molar-refractivity contribution in [3.8, 4) is 5.75 Å². The first kappa shape index (κ1) is 13.4. The topological polar surface area (TPSA) is 38.7 Å². The number of thioether (sulfide) groups is 1. The zero-order valence-electron chi connectivity index (χ0n) is 9.52. The highest BCUT2D eigenvalue weighted by atomic mass is 32.2. The van der Waals surface area contributed by atoms with Crippen molar-refractivity contribution in [1.29, 1.82) is 0 Å². The molecule has 0 atom stereocenters. The highest BCUT2D eigenvalue weighted by Crippen LogP contribution is 2.22. The van der Waals surface area contributed by atoms with Gasteiger partial charge in [0.05, 0.1) is 26.9 Å². The molecule has 0 spiro atoms. The Labute approximate surface area is 101 Å². The summed E-state index contributed by atoms with van der Waals surface area (Å²) in [7, 11) is 1.69. The highest BCUT2D eigenvalue weighted by Gasteiger charge is 2.00. The number of methoxy groups -OCH3 is 1. The molecule has 0 fully saturated rings. The van der Waals surface area contributed by atoms with Gasteiger partial charge in [0, 0.05) is 17.1 Å². The molecule has 0 aliphatic carbocycles. The van der Waals surface area contributed by atoms with Gasteiger partial charge in [-0.3, -0.25) is 0 Å². The molecule has 1 aromatic carbocycles. The van der Waals surface area contributed by atoms with Crippen molar-refractivity contribution in [2.45, 2.75) is 5.75 Å². The van der Waals surface area contributed by atoms with Gasteiger partial charge in [-0.1, -0.05) is 18.2 Å². The predicted octanol–water partition coefficient (Wildman–Crippen LogP) is 1.94. The second kappa shape index (κ2) is 8.44. The number of ether oxygens (including phenoxy) is 2. The van der Waals surface area contributed by atoms with Gasteiger partial charge in [-0.05, 0) is 6.07 Å². The third-order valence-electron chi connectivity index (χ3n) is 2.06. The largest absolute Gasteiger partial charge is 0.496 e. The van der Waals surface area contributed by atoms with Crippen LogP contribution in [0.2, 0.25) is 0 Å². The summed E-state index contributed by atoms with van der Waals surface area (Å²) in [4.78, 5) is 0. The lowest BCUT2D eigenvalue weighted by molar-refractivity contribution is 0.103. The quantitative estimate of drug-likeness (QED) is 0.707. The molecule has 0 bridgehead atoms. The summed E-state index contributed by atoms with van der Waals surface area (Å²) in [6.07, 6.45) is 0. The maximum atomic E-state index is 8.52. The van der Waals surface area contributed by atoms with Gasteiger partial charge in [0.2, 0.25) is 0 Å². The Bertz CT molecular complexity index is 291. The number of aliphatic hydroxyl groups excluding tert-OH is 1. The predicted molar refractivity (Wildman–Crippen MR) is 67.1 cm³/mol. The van der Waals surface area contributed by atoms with E-state index < -0.39 is 0 Å². The first-order valence-corrected chi connectivity index (χ1v) is 6.42. The summed E-state index contributed by atoms with van der Waals surface area (Å²) in [5, 5.41) is 8.52. The molecule has 90 valence electrons. The summed E-state index contributed by atoms with van der Waals surface area (Å²) in [5.74, 6) is 2.79. The smallest absolute Gasteiger partial charge is 0.122 e. The third-order valence-corrected chi connectivity index (χ3v) is 3.03. The molecule has 16 heavy (non-hydrogen) atoms. The molecule has 0 aliphatic rings. The minimum atomic E-state index is 0.0944.